The number of nitrogen functional groups attached to an aromatic ring is 1. The SMILES string of the molecule is C[C@H](O)CCn1cc(N)cn1. The molecular weight excluding hydrogens is 142 g/mol. The molecule has 1 atom stereocenters. The lowest BCUT2D eigenvalue weighted by atomic mass is 10.3. The zero-order valence-corrected chi connectivity index (χ0v) is 6.57. The Morgan fingerprint density at radius 2 is 2.55 bits per heavy atom. The summed E-state index contributed by atoms with van der Waals surface area (Å²) in [5, 5.41) is 12.9. The molecule has 0 aromatic carbocycles. The molecule has 0 unspecified atom stereocenters. The van der Waals surface area contributed by atoms with Gasteiger partial charge in [0.05, 0.1) is 18.0 Å². The van der Waals surface area contributed by atoms with Gasteiger partial charge in [-0.3, -0.25) is 4.68 Å². The van der Waals surface area contributed by atoms with Crippen LogP contribution in [-0.2, 0) is 6.54 Å². The molecule has 0 amide bonds. The smallest absolute Gasteiger partial charge is 0.0719 e. The molecule has 1 rings (SSSR count). The third-order valence-electron chi connectivity index (χ3n) is 1.43. The van der Waals surface area contributed by atoms with E-state index in [9.17, 15) is 0 Å². The number of nitrogens with two attached hydrogens (primary N) is 1. The molecule has 0 spiro atoms. The number of hydrogen-bond donors (Lipinski definition) is 2. The first-order valence-corrected chi connectivity index (χ1v) is 3.64. The van der Waals surface area contributed by atoms with Gasteiger partial charge in [-0.05, 0) is 13.3 Å². The largest absolute Gasteiger partial charge is 0.396 e. The fraction of sp³-hybridized carbons (Fsp3) is 0.571. The van der Waals surface area contributed by atoms with E-state index >= 15 is 0 Å². The maximum Gasteiger partial charge on any atom is 0.0719 e. The van der Waals surface area contributed by atoms with Crippen LogP contribution < -0.4 is 5.73 Å². The minimum atomic E-state index is -0.277. The van der Waals surface area contributed by atoms with Crippen LogP contribution in [0.3, 0.4) is 0 Å². The maximum absolute atomic E-state index is 8.95. The van der Waals surface area contributed by atoms with Crippen molar-refractivity contribution in [1.82, 2.24) is 9.78 Å². The van der Waals surface area contributed by atoms with Gasteiger partial charge in [-0.25, -0.2) is 0 Å². The van der Waals surface area contributed by atoms with Gasteiger partial charge in [-0.1, -0.05) is 0 Å². The van der Waals surface area contributed by atoms with E-state index in [1.807, 2.05) is 0 Å². The lowest BCUT2D eigenvalue weighted by Crippen LogP contribution is -2.06. The number of anilines is 1. The fourth-order valence-corrected chi connectivity index (χ4v) is 0.821. The number of aliphatic hydroxyl groups excluding tert-OH is 1. The Kier molecular flexibility index (Phi) is 2.48. The van der Waals surface area contributed by atoms with Gasteiger partial charge in [0, 0.05) is 12.7 Å². The van der Waals surface area contributed by atoms with Gasteiger partial charge in [-0.2, -0.15) is 5.10 Å². The summed E-state index contributed by atoms with van der Waals surface area (Å²) in [7, 11) is 0. The van der Waals surface area contributed by atoms with Crippen molar-refractivity contribution in [3.8, 4) is 0 Å². The second-order valence-electron chi connectivity index (χ2n) is 2.67. The van der Waals surface area contributed by atoms with E-state index < -0.39 is 0 Å². The monoisotopic (exact) mass is 155 g/mol. The number of aromatic nitrogens is 2. The normalized spacial score (nSPS) is 13.3. The first-order valence-electron chi connectivity index (χ1n) is 3.64. The van der Waals surface area contributed by atoms with Crippen molar-refractivity contribution in [3.05, 3.63) is 12.4 Å². The zero-order chi connectivity index (χ0) is 8.27. The average Bonchev–Trinajstić information content (AvgIpc) is 2.31. The van der Waals surface area contributed by atoms with Crippen LogP contribution in [0.15, 0.2) is 12.4 Å². The van der Waals surface area contributed by atoms with Crippen LogP contribution in [-0.4, -0.2) is 21.0 Å². The molecule has 1 heterocycles. The van der Waals surface area contributed by atoms with Crippen molar-refractivity contribution in [1.29, 1.82) is 0 Å². The molecule has 0 radical (unpaired) electrons. The summed E-state index contributed by atoms with van der Waals surface area (Å²) in [6.07, 6.45) is 3.78. The van der Waals surface area contributed by atoms with E-state index in [4.69, 9.17) is 10.8 Å². The van der Waals surface area contributed by atoms with E-state index in [-0.39, 0.29) is 6.10 Å². The topological polar surface area (TPSA) is 64.1 Å². The van der Waals surface area contributed by atoms with Crippen LogP contribution >= 0.6 is 0 Å². The molecule has 62 valence electrons. The van der Waals surface area contributed by atoms with Crippen molar-refractivity contribution < 1.29 is 5.11 Å². The molecule has 1 aromatic rings. The van der Waals surface area contributed by atoms with Crippen molar-refractivity contribution in [2.45, 2.75) is 26.0 Å². The number of nitrogens with zero attached hydrogens (tertiary/aromatic N) is 2. The summed E-state index contributed by atoms with van der Waals surface area (Å²) < 4.78 is 1.72. The Morgan fingerprint density at radius 3 is 3.00 bits per heavy atom. The Balaban J connectivity index is 2.39. The second kappa shape index (κ2) is 3.39. The van der Waals surface area contributed by atoms with Crippen LogP contribution in [0.5, 0.6) is 0 Å². The van der Waals surface area contributed by atoms with Gasteiger partial charge in [-0.15, -0.1) is 0 Å². The first kappa shape index (κ1) is 8.07. The minimum Gasteiger partial charge on any atom is -0.396 e. The molecule has 1 aromatic heterocycles. The van der Waals surface area contributed by atoms with Crippen LogP contribution in [0.25, 0.3) is 0 Å². The molecule has 11 heavy (non-hydrogen) atoms. The van der Waals surface area contributed by atoms with Crippen molar-refractivity contribution in [3.63, 3.8) is 0 Å². The van der Waals surface area contributed by atoms with Gasteiger partial charge in [0.25, 0.3) is 0 Å². The predicted octanol–water partition coefficient (Wildman–Crippen LogP) is 0.236. The van der Waals surface area contributed by atoms with E-state index in [2.05, 4.69) is 5.10 Å². The number of aliphatic hydroxyl groups is 1. The van der Waals surface area contributed by atoms with Crippen LogP contribution in [0.1, 0.15) is 13.3 Å². The molecule has 0 saturated carbocycles. The first-order chi connectivity index (χ1) is 5.18. The van der Waals surface area contributed by atoms with Crippen molar-refractivity contribution in [2.24, 2.45) is 0 Å². The van der Waals surface area contributed by atoms with Crippen LogP contribution in [0, 0.1) is 0 Å². The summed E-state index contributed by atoms with van der Waals surface area (Å²) in [4.78, 5) is 0. The highest BCUT2D eigenvalue weighted by Crippen LogP contribution is 2.00. The molecule has 4 heteroatoms. The average molecular weight is 155 g/mol. The molecule has 4 nitrogen and oxygen atoms in total. The number of aryl methyl sites for hydroxylation is 1. The quantitative estimate of drug-likeness (QED) is 0.657. The summed E-state index contributed by atoms with van der Waals surface area (Å²) in [5.74, 6) is 0. The molecule has 0 aliphatic carbocycles. The lowest BCUT2D eigenvalue weighted by Gasteiger charge is -2.02. The molecular formula is C7H13N3O. The maximum atomic E-state index is 8.95. The fourth-order valence-electron chi connectivity index (χ4n) is 0.821. The Labute approximate surface area is 65.6 Å². The summed E-state index contributed by atoms with van der Waals surface area (Å²) in [5.41, 5.74) is 6.10. The van der Waals surface area contributed by atoms with Gasteiger partial charge in [0.1, 0.15) is 0 Å². The minimum absolute atomic E-state index is 0.277. The number of rotatable bonds is 3. The zero-order valence-electron chi connectivity index (χ0n) is 6.57. The number of hydrogen-bond acceptors (Lipinski definition) is 3. The van der Waals surface area contributed by atoms with E-state index in [1.165, 1.54) is 0 Å². The van der Waals surface area contributed by atoms with E-state index in [0.717, 1.165) is 6.54 Å². The van der Waals surface area contributed by atoms with Gasteiger partial charge >= 0.3 is 0 Å². The van der Waals surface area contributed by atoms with Gasteiger partial charge in [0.15, 0.2) is 0 Å². The third-order valence-corrected chi connectivity index (χ3v) is 1.43. The molecule has 0 aliphatic rings. The third kappa shape index (κ3) is 2.59. The molecule has 0 saturated heterocycles. The molecule has 3 N–H and O–H groups in total. The van der Waals surface area contributed by atoms with E-state index in [1.54, 1.807) is 24.0 Å². The lowest BCUT2D eigenvalue weighted by molar-refractivity contribution is 0.176. The Hall–Kier alpha value is -1.03. The Morgan fingerprint density at radius 1 is 1.82 bits per heavy atom. The summed E-state index contributed by atoms with van der Waals surface area (Å²) >= 11 is 0. The highest BCUT2D eigenvalue weighted by molar-refractivity contribution is 5.30. The molecule has 0 bridgehead atoms. The summed E-state index contributed by atoms with van der Waals surface area (Å²) in [6, 6.07) is 0. The highest BCUT2D eigenvalue weighted by Gasteiger charge is 1.97. The van der Waals surface area contributed by atoms with Crippen LogP contribution in [0.2, 0.25) is 0 Å². The highest BCUT2D eigenvalue weighted by atomic mass is 16.3. The second-order valence-corrected chi connectivity index (χ2v) is 2.67. The van der Waals surface area contributed by atoms with Gasteiger partial charge < -0.3 is 10.8 Å². The standard InChI is InChI=1S/C7H13N3O/c1-6(11)2-3-10-5-7(8)4-9-10/h4-6,11H,2-3,8H2,1H3/t6-/m0/s1. The van der Waals surface area contributed by atoms with E-state index in [0.29, 0.717) is 12.1 Å². The Bertz CT molecular complexity index is 219. The molecule has 0 aliphatic heterocycles. The predicted molar refractivity (Wildman–Crippen MR) is 42.9 cm³/mol. The summed E-state index contributed by atoms with van der Waals surface area (Å²) in [6.45, 7) is 2.47. The molecule has 0 fully saturated rings. The van der Waals surface area contributed by atoms with Gasteiger partial charge in [0.2, 0.25) is 0 Å². The van der Waals surface area contributed by atoms with Crippen LogP contribution in [0.4, 0.5) is 5.69 Å². The van der Waals surface area contributed by atoms with Crippen molar-refractivity contribution in [2.75, 3.05) is 5.73 Å². The van der Waals surface area contributed by atoms with Crippen molar-refractivity contribution >= 4 is 5.69 Å².